The van der Waals surface area contributed by atoms with Crippen LogP contribution in [0, 0.1) is 12.8 Å². The van der Waals surface area contributed by atoms with Crippen LogP contribution in [-0.4, -0.2) is 46.3 Å². The third-order valence-corrected chi connectivity index (χ3v) is 7.29. The van der Waals surface area contributed by atoms with Gasteiger partial charge in [0.2, 0.25) is 0 Å². The fourth-order valence-electron chi connectivity index (χ4n) is 5.63. The van der Waals surface area contributed by atoms with Crippen molar-refractivity contribution in [1.29, 1.82) is 0 Å². The van der Waals surface area contributed by atoms with Crippen molar-refractivity contribution in [3.05, 3.63) is 58.3 Å². The Balaban J connectivity index is 1.70. The predicted octanol–water partition coefficient (Wildman–Crippen LogP) is 5.39. The molecule has 2 N–H and O–H groups in total. The van der Waals surface area contributed by atoms with E-state index in [9.17, 15) is 9.90 Å². The summed E-state index contributed by atoms with van der Waals surface area (Å²) in [5, 5.41) is 10.8. The number of piperidine rings is 1. The van der Waals surface area contributed by atoms with E-state index in [1.807, 2.05) is 12.3 Å². The Kier molecular flexibility index (Phi) is 6.87. The van der Waals surface area contributed by atoms with Gasteiger partial charge in [0.15, 0.2) is 0 Å². The van der Waals surface area contributed by atoms with Gasteiger partial charge in [-0.15, -0.1) is 0 Å². The molecule has 4 rings (SSSR count). The number of H-pyrrole nitrogens is 1. The summed E-state index contributed by atoms with van der Waals surface area (Å²) >= 11 is 0. The normalized spacial score (nSPS) is 24.4. The maximum absolute atomic E-state index is 11.5. The van der Waals surface area contributed by atoms with Gasteiger partial charge in [-0.2, -0.15) is 0 Å². The molecule has 32 heavy (non-hydrogen) atoms. The zero-order valence-corrected chi connectivity index (χ0v) is 19.8. The van der Waals surface area contributed by atoms with E-state index in [1.54, 1.807) is 0 Å². The molecule has 0 spiro atoms. The summed E-state index contributed by atoms with van der Waals surface area (Å²) in [4.78, 5) is 17.5. The SMILES string of the molecule is CCO[C@H]1CCN(Cc2c(CC)cc(C)c3[nH]ccc23)[C@H](C2=CC=C(C(=O)O)CC2C)C1. The summed E-state index contributed by atoms with van der Waals surface area (Å²) in [5.74, 6) is -0.586. The van der Waals surface area contributed by atoms with Gasteiger partial charge in [-0.25, -0.2) is 4.79 Å². The number of aromatic amines is 1. The number of nitrogens with zero attached hydrogens (tertiary/aromatic N) is 1. The fourth-order valence-corrected chi connectivity index (χ4v) is 5.63. The van der Waals surface area contributed by atoms with Gasteiger partial charge in [-0.05, 0) is 73.8 Å². The van der Waals surface area contributed by atoms with E-state index in [2.05, 4.69) is 55.8 Å². The first-order valence-electron chi connectivity index (χ1n) is 12.0. The van der Waals surface area contributed by atoms with Gasteiger partial charge in [0.25, 0.3) is 0 Å². The molecule has 5 heteroatoms. The van der Waals surface area contributed by atoms with E-state index in [0.717, 1.165) is 39.0 Å². The van der Waals surface area contributed by atoms with Crippen LogP contribution in [0.15, 0.2) is 41.6 Å². The Morgan fingerprint density at radius 3 is 2.81 bits per heavy atom. The molecule has 1 saturated heterocycles. The molecule has 0 radical (unpaired) electrons. The van der Waals surface area contributed by atoms with Crippen LogP contribution in [0.3, 0.4) is 0 Å². The number of aryl methyl sites for hydroxylation is 2. The van der Waals surface area contributed by atoms with Crippen molar-refractivity contribution in [1.82, 2.24) is 9.88 Å². The summed E-state index contributed by atoms with van der Waals surface area (Å²) in [6.45, 7) is 11.3. The Morgan fingerprint density at radius 1 is 1.31 bits per heavy atom. The molecule has 1 aromatic carbocycles. The zero-order valence-electron chi connectivity index (χ0n) is 19.8. The predicted molar refractivity (Wildman–Crippen MR) is 129 cm³/mol. The van der Waals surface area contributed by atoms with Gasteiger partial charge in [0.05, 0.1) is 6.10 Å². The van der Waals surface area contributed by atoms with Crippen molar-refractivity contribution in [2.24, 2.45) is 5.92 Å². The number of hydrogen-bond acceptors (Lipinski definition) is 3. The summed E-state index contributed by atoms with van der Waals surface area (Å²) in [7, 11) is 0. The molecule has 2 aromatic rings. The molecule has 2 heterocycles. The van der Waals surface area contributed by atoms with E-state index in [0.29, 0.717) is 12.0 Å². The van der Waals surface area contributed by atoms with Crippen molar-refractivity contribution in [2.75, 3.05) is 13.2 Å². The first-order valence-corrected chi connectivity index (χ1v) is 12.0. The summed E-state index contributed by atoms with van der Waals surface area (Å²) in [6.07, 6.45) is 9.80. The van der Waals surface area contributed by atoms with E-state index in [4.69, 9.17) is 4.74 Å². The number of benzene rings is 1. The highest BCUT2D eigenvalue weighted by atomic mass is 16.5. The lowest BCUT2D eigenvalue weighted by atomic mass is 9.80. The van der Waals surface area contributed by atoms with E-state index in [-0.39, 0.29) is 18.1 Å². The summed E-state index contributed by atoms with van der Waals surface area (Å²) in [5.41, 5.74) is 7.21. The van der Waals surface area contributed by atoms with Gasteiger partial charge < -0.3 is 14.8 Å². The first kappa shape index (κ1) is 22.8. The second-order valence-corrected chi connectivity index (χ2v) is 9.31. The van der Waals surface area contributed by atoms with Crippen molar-refractivity contribution in [2.45, 2.75) is 72.1 Å². The highest BCUT2D eigenvalue weighted by Gasteiger charge is 2.35. The third-order valence-electron chi connectivity index (χ3n) is 7.29. The number of nitrogens with one attached hydrogen (secondary N) is 1. The average Bonchev–Trinajstić information content (AvgIpc) is 3.27. The number of hydrogen-bond donors (Lipinski definition) is 2. The number of carboxylic acids is 1. The lowest BCUT2D eigenvalue weighted by molar-refractivity contribution is -0.132. The van der Waals surface area contributed by atoms with Crippen molar-refractivity contribution in [3.63, 3.8) is 0 Å². The molecule has 172 valence electrons. The molecular weight excluding hydrogens is 400 g/mol. The monoisotopic (exact) mass is 436 g/mol. The number of carboxylic acid groups (broad SMARTS) is 1. The van der Waals surface area contributed by atoms with Gasteiger partial charge in [0.1, 0.15) is 0 Å². The minimum atomic E-state index is -0.804. The molecule has 1 unspecified atom stereocenters. The van der Waals surface area contributed by atoms with Crippen LogP contribution < -0.4 is 0 Å². The maximum Gasteiger partial charge on any atom is 0.331 e. The second-order valence-electron chi connectivity index (χ2n) is 9.31. The Hall–Kier alpha value is -2.37. The summed E-state index contributed by atoms with van der Waals surface area (Å²) in [6, 6.07) is 4.81. The zero-order chi connectivity index (χ0) is 22.8. The van der Waals surface area contributed by atoms with Gasteiger partial charge in [-0.1, -0.05) is 32.1 Å². The minimum Gasteiger partial charge on any atom is -0.478 e. The standard InChI is InChI=1S/C27H36N2O3/c1-5-19-14-18(4)26-23(9-11-28-26)24(19)16-29-12-10-21(32-6-2)15-25(29)22-8-7-20(27(30)31)13-17(22)3/h7-9,11,14,17,21,25,28H,5-6,10,12-13,15-16H2,1-4H3,(H,30,31)/t17?,21-,25-/m0/s1. The molecule has 5 nitrogen and oxygen atoms in total. The molecule has 3 atom stereocenters. The van der Waals surface area contributed by atoms with Gasteiger partial charge >= 0.3 is 5.97 Å². The lowest BCUT2D eigenvalue weighted by Gasteiger charge is -2.43. The molecule has 0 saturated carbocycles. The Labute approximate surface area is 191 Å². The number of carbonyl (C=O) groups is 1. The molecule has 0 amide bonds. The van der Waals surface area contributed by atoms with Gasteiger partial charge in [-0.3, -0.25) is 4.90 Å². The largest absolute Gasteiger partial charge is 0.478 e. The van der Waals surface area contributed by atoms with Crippen LogP contribution in [0.1, 0.15) is 56.7 Å². The van der Waals surface area contributed by atoms with Crippen molar-refractivity contribution in [3.8, 4) is 0 Å². The molecule has 1 aromatic heterocycles. The molecular formula is C27H36N2O3. The summed E-state index contributed by atoms with van der Waals surface area (Å²) < 4.78 is 6.05. The van der Waals surface area contributed by atoms with Crippen molar-refractivity contribution < 1.29 is 14.6 Å². The topological polar surface area (TPSA) is 65.6 Å². The number of fused-ring (bicyclic) bond motifs is 1. The van der Waals surface area contributed by atoms with Crippen LogP contribution in [-0.2, 0) is 22.5 Å². The number of ether oxygens (including phenoxy) is 1. The van der Waals surface area contributed by atoms with Crippen LogP contribution in [0.5, 0.6) is 0 Å². The highest BCUT2D eigenvalue weighted by molar-refractivity contribution is 5.88. The quantitative estimate of drug-likeness (QED) is 0.611. The highest BCUT2D eigenvalue weighted by Crippen LogP contribution is 2.36. The lowest BCUT2D eigenvalue weighted by Crippen LogP contribution is -2.47. The minimum absolute atomic E-state index is 0.218. The van der Waals surface area contributed by atoms with E-state index >= 15 is 0 Å². The fraction of sp³-hybridized carbons (Fsp3) is 0.519. The molecule has 0 bridgehead atoms. The number of allylic oxidation sites excluding steroid dienone is 2. The van der Waals surface area contributed by atoms with E-state index < -0.39 is 5.97 Å². The van der Waals surface area contributed by atoms with Crippen molar-refractivity contribution >= 4 is 16.9 Å². The number of rotatable bonds is 7. The molecule has 2 aliphatic rings. The smallest absolute Gasteiger partial charge is 0.331 e. The number of aromatic nitrogens is 1. The second kappa shape index (κ2) is 9.63. The van der Waals surface area contributed by atoms with Crippen LogP contribution >= 0.6 is 0 Å². The first-order chi connectivity index (χ1) is 15.4. The maximum atomic E-state index is 11.5. The Morgan fingerprint density at radius 2 is 2.12 bits per heavy atom. The Bertz CT molecular complexity index is 1050. The van der Waals surface area contributed by atoms with Crippen LogP contribution in [0.25, 0.3) is 10.9 Å². The molecule has 1 fully saturated rings. The molecule has 1 aliphatic heterocycles. The number of likely N-dealkylation sites (tertiary alicyclic amines) is 1. The third kappa shape index (κ3) is 4.41. The average molecular weight is 437 g/mol. The van der Waals surface area contributed by atoms with Gasteiger partial charge in [0, 0.05) is 48.4 Å². The van der Waals surface area contributed by atoms with Crippen LogP contribution in [0.2, 0.25) is 0 Å². The molecule has 1 aliphatic carbocycles. The van der Waals surface area contributed by atoms with E-state index in [1.165, 1.54) is 33.2 Å². The number of aliphatic carboxylic acids is 1. The van der Waals surface area contributed by atoms with Crippen LogP contribution in [0.4, 0.5) is 0 Å².